The lowest BCUT2D eigenvalue weighted by atomic mass is 10.2. The first-order valence-corrected chi connectivity index (χ1v) is 7.46. The van der Waals surface area contributed by atoms with E-state index in [1.165, 1.54) is 0 Å². The van der Waals surface area contributed by atoms with Gasteiger partial charge >= 0.3 is 17.8 Å². The van der Waals surface area contributed by atoms with Crippen molar-refractivity contribution in [2.24, 2.45) is 0 Å². The Balaban J connectivity index is 1.89. The van der Waals surface area contributed by atoms with Gasteiger partial charge < -0.3 is 9.47 Å². The fourth-order valence-corrected chi connectivity index (χ4v) is 2.82. The topological polar surface area (TPSA) is 76.2 Å². The highest BCUT2D eigenvalue weighted by Crippen LogP contribution is 2.37. The summed E-state index contributed by atoms with van der Waals surface area (Å²) in [5.74, 6) is -0.473. The van der Waals surface area contributed by atoms with Crippen LogP contribution in [-0.2, 0) is 16.1 Å². The number of ether oxygens (including phenoxy) is 2. The normalized spacial score (nSPS) is 17.2. The zero-order valence-electron chi connectivity index (χ0n) is 12.0. The average Bonchev–Trinajstić information content (AvgIpc) is 2.97. The Morgan fingerprint density at radius 2 is 1.77 bits per heavy atom. The van der Waals surface area contributed by atoms with Crippen LogP contribution in [0.2, 0.25) is 0 Å². The van der Waals surface area contributed by atoms with Gasteiger partial charge in [0.05, 0.1) is 6.54 Å². The van der Waals surface area contributed by atoms with Gasteiger partial charge in [-0.15, -0.1) is 0 Å². The molecule has 0 atom stereocenters. The third-order valence-corrected chi connectivity index (χ3v) is 4.21. The highest BCUT2D eigenvalue weighted by atomic mass is 79.9. The summed E-state index contributed by atoms with van der Waals surface area (Å²) in [6.45, 7) is 3.49. The van der Waals surface area contributed by atoms with Crippen molar-refractivity contribution >= 4 is 33.8 Å². The van der Waals surface area contributed by atoms with Gasteiger partial charge in [-0.05, 0) is 31.5 Å². The number of carbonyl (C=O) groups excluding carboxylic acids is 3. The number of hydrogen-bond donors (Lipinski definition) is 0. The minimum Gasteiger partial charge on any atom is -0.454 e. The van der Waals surface area contributed by atoms with Crippen molar-refractivity contribution in [3.05, 3.63) is 22.2 Å². The standard InChI is InChI=1S/C14H13BrN2O5/c1-7(2)17-13(19)12(18)16(14(17)20)5-8-3-10-11(4-9(8)15)22-6-21-10/h3-4,7H,5-6H2,1-2H3. The zero-order valence-corrected chi connectivity index (χ0v) is 13.5. The SMILES string of the molecule is CC(C)N1C(=O)C(=O)N(Cc2cc3c(cc2Br)OCO3)C1=O. The molecule has 116 valence electrons. The first-order valence-electron chi connectivity index (χ1n) is 6.67. The summed E-state index contributed by atoms with van der Waals surface area (Å²) in [7, 11) is 0. The molecule has 0 radical (unpaired) electrons. The van der Waals surface area contributed by atoms with Gasteiger partial charge in [-0.3, -0.25) is 19.4 Å². The van der Waals surface area contributed by atoms with E-state index in [1.807, 2.05) is 0 Å². The molecule has 1 fully saturated rings. The molecule has 0 bridgehead atoms. The van der Waals surface area contributed by atoms with Crippen molar-refractivity contribution in [2.75, 3.05) is 6.79 Å². The lowest BCUT2D eigenvalue weighted by molar-refractivity contribution is -0.144. The van der Waals surface area contributed by atoms with Crippen LogP contribution >= 0.6 is 15.9 Å². The second kappa shape index (κ2) is 5.28. The number of fused-ring (bicyclic) bond motifs is 1. The maximum atomic E-state index is 12.3. The minimum absolute atomic E-state index is 0.0101. The van der Waals surface area contributed by atoms with Crippen LogP contribution in [0.15, 0.2) is 16.6 Å². The van der Waals surface area contributed by atoms with Crippen molar-refractivity contribution in [1.29, 1.82) is 0 Å². The third-order valence-electron chi connectivity index (χ3n) is 3.47. The van der Waals surface area contributed by atoms with Crippen LogP contribution in [-0.4, -0.2) is 40.5 Å². The van der Waals surface area contributed by atoms with E-state index in [9.17, 15) is 14.4 Å². The van der Waals surface area contributed by atoms with E-state index >= 15 is 0 Å². The molecule has 0 N–H and O–H groups in total. The molecule has 0 spiro atoms. The molecule has 0 unspecified atom stereocenters. The van der Waals surface area contributed by atoms with Crippen LogP contribution in [0.1, 0.15) is 19.4 Å². The molecule has 22 heavy (non-hydrogen) atoms. The van der Waals surface area contributed by atoms with Crippen molar-refractivity contribution in [3.8, 4) is 11.5 Å². The summed E-state index contributed by atoms with van der Waals surface area (Å²) in [5.41, 5.74) is 0.657. The molecule has 1 aromatic carbocycles. The molecule has 3 rings (SSSR count). The van der Waals surface area contributed by atoms with Crippen LogP contribution in [0.3, 0.4) is 0 Å². The van der Waals surface area contributed by atoms with E-state index in [0.717, 1.165) is 9.80 Å². The van der Waals surface area contributed by atoms with E-state index in [-0.39, 0.29) is 19.4 Å². The summed E-state index contributed by atoms with van der Waals surface area (Å²) in [5, 5.41) is 0. The molecule has 2 heterocycles. The summed E-state index contributed by atoms with van der Waals surface area (Å²) >= 11 is 3.37. The molecule has 0 aliphatic carbocycles. The second-order valence-corrected chi connectivity index (χ2v) is 6.09. The van der Waals surface area contributed by atoms with Crippen molar-refractivity contribution in [1.82, 2.24) is 9.80 Å². The Bertz CT molecular complexity index is 688. The Hall–Kier alpha value is -2.09. The van der Waals surface area contributed by atoms with Gasteiger partial charge in [-0.25, -0.2) is 4.79 Å². The van der Waals surface area contributed by atoms with Gasteiger partial charge in [0, 0.05) is 10.5 Å². The Morgan fingerprint density at radius 1 is 1.14 bits per heavy atom. The van der Waals surface area contributed by atoms with Gasteiger partial charge in [0.25, 0.3) is 0 Å². The number of benzene rings is 1. The molecule has 2 aliphatic rings. The predicted octanol–water partition coefficient (Wildman–Crippen LogP) is 1.88. The second-order valence-electron chi connectivity index (χ2n) is 5.24. The number of nitrogens with zero attached hydrogens (tertiary/aromatic N) is 2. The molecule has 0 aromatic heterocycles. The lowest BCUT2D eigenvalue weighted by Crippen LogP contribution is -2.37. The van der Waals surface area contributed by atoms with Gasteiger partial charge in [0.15, 0.2) is 11.5 Å². The maximum absolute atomic E-state index is 12.3. The molecular formula is C14H13BrN2O5. The van der Waals surface area contributed by atoms with Crippen molar-refractivity contribution in [3.63, 3.8) is 0 Å². The van der Waals surface area contributed by atoms with Crippen LogP contribution in [0.4, 0.5) is 4.79 Å². The van der Waals surface area contributed by atoms with E-state index < -0.39 is 17.8 Å². The molecule has 1 saturated heterocycles. The van der Waals surface area contributed by atoms with E-state index in [1.54, 1.807) is 26.0 Å². The molecule has 0 saturated carbocycles. The zero-order chi connectivity index (χ0) is 16.0. The smallest absolute Gasteiger partial charge is 0.334 e. The van der Waals surface area contributed by atoms with Crippen LogP contribution < -0.4 is 9.47 Å². The number of imide groups is 2. The molecule has 1 aromatic rings. The summed E-state index contributed by atoms with van der Waals surface area (Å²) in [6, 6.07) is 2.43. The third kappa shape index (κ3) is 2.23. The number of halogens is 1. The first kappa shape index (κ1) is 14.8. The van der Waals surface area contributed by atoms with Crippen LogP contribution in [0.5, 0.6) is 11.5 Å². The number of urea groups is 1. The van der Waals surface area contributed by atoms with Crippen molar-refractivity contribution in [2.45, 2.75) is 26.4 Å². The largest absolute Gasteiger partial charge is 0.454 e. The van der Waals surface area contributed by atoms with Crippen LogP contribution in [0.25, 0.3) is 0 Å². The summed E-state index contributed by atoms with van der Waals surface area (Å²) in [6.07, 6.45) is 0. The molecule has 8 heteroatoms. The predicted molar refractivity (Wildman–Crippen MR) is 78.2 cm³/mol. The number of amides is 4. The Morgan fingerprint density at radius 3 is 2.36 bits per heavy atom. The van der Waals surface area contributed by atoms with Gasteiger partial charge in [0.2, 0.25) is 6.79 Å². The van der Waals surface area contributed by atoms with Gasteiger partial charge in [-0.1, -0.05) is 15.9 Å². The van der Waals surface area contributed by atoms with E-state index in [2.05, 4.69) is 15.9 Å². The summed E-state index contributed by atoms with van der Waals surface area (Å²) < 4.78 is 11.2. The van der Waals surface area contributed by atoms with E-state index in [0.29, 0.717) is 21.5 Å². The highest BCUT2D eigenvalue weighted by molar-refractivity contribution is 9.10. The fraction of sp³-hybridized carbons (Fsp3) is 0.357. The molecule has 2 aliphatic heterocycles. The lowest BCUT2D eigenvalue weighted by Gasteiger charge is -2.19. The quantitative estimate of drug-likeness (QED) is 0.601. The van der Waals surface area contributed by atoms with Gasteiger partial charge in [-0.2, -0.15) is 0 Å². The minimum atomic E-state index is -0.816. The van der Waals surface area contributed by atoms with E-state index in [4.69, 9.17) is 9.47 Å². The number of rotatable bonds is 3. The monoisotopic (exact) mass is 368 g/mol. The van der Waals surface area contributed by atoms with Crippen LogP contribution in [0, 0.1) is 0 Å². The molecule has 4 amide bonds. The number of hydrogen-bond acceptors (Lipinski definition) is 5. The summed E-state index contributed by atoms with van der Waals surface area (Å²) in [4.78, 5) is 38.1. The maximum Gasteiger partial charge on any atom is 0.334 e. The number of carbonyl (C=O) groups is 3. The van der Waals surface area contributed by atoms with Gasteiger partial charge in [0.1, 0.15) is 0 Å². The fourth-order valence-electron chi connectivity index (χ4n) is 2.37. The molecule has 7 nitrogen and oxygen atoms in total. The Labute approximate surface area is 134 Å². The highest BCUT2D eigenvalue weighted by Gasteiger charge is 2.45. The van der Waals surface area contributed by atoms with Crippen molar-refractivity contribution < 1.29 is 23.9 Å². The first-order chi connectivity index (χ1) is 10.4. The Kier molecular flexibility index (Phi) is 3.56. The molecular weight excluding hydrogens is 356 g/mol. The average molecular weight is 369 g/mol.